The summed E-state index contributed by atoms with van der Waals surface area (Å²) >= 11 is 4.74. The van der Waals surface area contributed by atoms with Gasteiger partial charge in [-0.15, -0.1) is 0 Å². The predicted octanol–water partition coefficient (Wildman–Crippen LogP) is 1.08. The third kappa shape index (κ3) is 1.79. The molecule has 0 aliphatic heterocycles. The number of anilines is 1. The van der Waals surface area contributed by atoms with Gasteiger partial charge in [0.1, 0.15) is 0 Å². The zero-order valence-electron chi connectivity index (χ0n) is 7.65. The fraction of sp³-hybridized carbons (Fsp3) is 0. The number of nitrogens with one attached hydrogen (secondary N) is 2. The van der Waals surface area contributed by atoms with Crippen molar-refractivity contribution in [3.05, 3.63) is 39.4 Å². The Morgan fingerprint density at radius 3 is 2.73 bits per heavy atom. The molecule has 0 saturated heterocycles. The number of rotatable bonds is 1. The second kappa shape index (κ2) is 3.66. The van der Waals surface area contributed by atoms with Gasteiger partial charge in [0.2, 0.25) is 0 Å². The third-order valence-electron chi connectivity index (χ3n) is 1.93. The van der Waals surface area contributed by atoms with Gasteiger partial charge < -0.3 is 5.73 Å². The molecule has 1 aromatic heterocycles. The second-order valence-corrected chi connectivity index (χ2v) is 3.35. The number of nitrogen functional groups attached to an aromatic ring is 1. The van der Waals surface area contributed by atoms with Gasteiger partial charge in [0.05, 0.1) is 0 Å². The smallest absolute Gasteiger partial charge is 0.278 e. The van der Waals surface area contributed by atoms with Crippen molar-refractivity contribution >= 4 is 17.9 Å². The number of para-hydroxylation sites is 1. The van der Waals surface area contributed by atoms with Gasteiger partial charge in [0, 0.05) is 11.3 Å². The number of benzene rings is 1. The fourth-order valence-electron chi connectivity index (χ4n) is 1.24. The molecule has 2 aromatic rings. The van der Waals surface area contributed by atoms with Gasteiger partial charge in [-0.05, 0) is 18.3 Å². The first-order valence-corrected chi connectivity index (χ1v) is 4.63. The number of H-pyrrole nitrogens is 2. The highest BCUT2D eigenvalue weighted by Crippen LogP contribution is 2.19. The van der Waals surface area contributed by atoms with Crippen molar-refractivity contribution in [1.29, 1.82) is 0 Å². The number of nitrogens with zero attached hydrogens (tertiary/aromatic N) is 1. The largest absolute Gasteiger partial charge is 0.398 e. The molecule has 4 N–H and O–H groups in total. The molecular weight excluding hydrogens is 212 g/mol. The van der Waals surface area contributed by atoms with E-state index < -0.39 is 0 Å². The van der Waals surface area contributed by atoms with Crippen LogP contribution in [0.3, 0.4) is 0 Å². The summed E-state index contributed by atoms with van der Waals surface area (Å²) < 4.78 is 0.193. The Labute approximate surface area is 90.0 Å². The van der Waals surface area contributed by atoms with E-state index in [1.165, 1.54) is 0 Å². The van der Waals surface area contributed by atoms with Crippen molar-refractivity contribution in [1.82, 2.24) is 15.2 Å². The Morgan fingerprint density at radius 1 is 1.33 bits per heavy atom. The highest BCUT2D eigenvalue weighted by molar-refractivity contribution is 7.71. The highest BCUT2D eigenvalue weighted by atomic mass is 32.1. The van der Waals surface area contributed by atoms with E-state index in [4.69, 9.17) is 18.0 Å². The van der Waals surface area contributed by atoms with Gasteiger partial charge in [-0.2, -0.15) is 5.10 Å². The molecule has 0 unspecified atom stereocenters. The summed E-state index contributed by atoms with van der Waals surface area (Å²) in [5.74, 6) is 0. The lowest BCUT2D eigenvalue weighted by atomic mass is 10.1. The fourth-order valence-corrected chi connectivity index (χ4v) is 1.38. The monoisotopic (exact) mass is 220 g/mol. The molecule has 0 spiro atoms. The summed E-state index contributed by atoms with van der Waals surface area (Å²) in [6.07, 6.45) is 0. The standard InChI is InChI=1S/C9H8N4OS/c10-6-4-2-1-3-5(6)7-8(14)11-9(15)13-12-7/h1-4H,10H2,(H2,11,13,14,15). The molecule has 15 heavy (non-hydrogen) atoms. The maximum absolute atomic E-state index is 11.5. The zero-order chi connectivity index (χ0) is 10.8. The van der Waals surface area contributed by atoms with Crippen molar-refractivity contribution < 1.29 is 0 Å². The molecule has 0 bridgehead atoms. The second-order valence-electron chi connectivity index (χ2n) is 2.94. The van der Waals surface area contributed by atoms with Gasteiger partial charge >= 0.3 is 0 Å². The zero-order valence-corrected chi connectivity index (χ0v) is 8.47. The molecule has 0 fully saturated rings. The van der Waals surface area contributed by atoms with Crippen LogP contribution < -0.4 is 11.3 Å². The molecule has 1 heterocycles. The molecule has 2 rings (SSSR count). The highest BCUT2D eigenvalue weighted by Gasteiger charge is 2.07. The van der Waals surface area contributed by atoms with Crippen LogP contribution in [0.1, 0.15) is 0 Å². The van der Waals surface area contributed by atoms with Crippen LogP contribution in [0.15, 0.2) is 29.1 Å². The first-order chi connectivity index (χ1) is 7.18. The average Bonchev–Trinajstić information content (AvgIpc) is 2.20. The lowest BCUT2D eigenvalue weighted by Gasteiger charge is -2.02. The lowest BCUT2D eigenvalue weighted by Crippen LogP contribution is -2.13. The summed E-state index contributed by atoms with van der Waals surface area (Å²) in [5, 5.41) is 6.38. The number of hydrogen-bond donors (Lipinski definition) is 3. The molecule has 0 aliphatic rings. The van der Waals surface area contributed by atoms with Crippen LogP contribution in [0, 0.1) is 4.77 Å². The summed E-state index contributed by atoms with van der Waals surface area (Å²) in [7, 11) is 0. The van der Waals surface area contributed by atoms with Crippen molar-refractivity contribution in [3.8, 4) is 11.3 Å². The molecular formula is C9H8N4OS. The van der Waals surface area contributed by atoms with Crippen molar-refractivity contribution in [2.75, 3.05) is 5.73 Å². The van der Waals surface area contributed by atoms with E-state index in [0.29, 0.717) is 11.3 Å². The molecule has 0 amide bonds. The quantitative estimate of drug-likeness (QED) is 0.495. The summed E-state index contributed by atoms with van der Waals surface area (Å²) in [6, 6.07) is 7.01. The van der Waals surface area contributed by atoms with Crippen molar-refractivity contribution in [3.63, 3.8) is 0 Å². The van der Waals surface area contributed by atoms with E-state index in [-0.39, 0.29) is 16.0 Å². The number of aromatic nitrogens is 3. The molecule has 6 heteroatoms. The summed E-state index contributed by atoms with van der Waals surface area (Å²) in [6.45, 7) is 0. The summed E-state index contributed by atoms with van der Waals surface area (Å²) in [4.78, 5) is 14.0. The maximum atomic E-state index is 11.5. The minimum absolute atomic E-state index is 0.193. The van der Waals surface area contributed by atoms with Crippen LogP contribution in [-0.2, 0) is 0 Å². The van der Waals surface area contributed by atoms with Gasteiger partial charge in [-0.1, -0.05) is 18.2 Å². The van der Waals surface area contributed by atoms with E-state index in [1.807, 2.05) is 0 Å². The van der Waals surface area contributed by atoms with E-state index in [0.717, 1.165) is 0 Å². The van der Waals surface area contributed by atoms with Crippen molar-refractivity contribution in [2.24, 2.45) is 0 Å². The lowest BCUT2D eigenvalue weighted by molar-refractivity contribution is 0.932. The molecule has 76 valence electrons. The molecule has 0 aliphatic carbocycles. The Morgan fingerprint density at radius 2 is 2.07 bits per heavy atom. The predicted molar refractivity (Wildman–Crippen MR) is 59.9 cm³/mol. The van der Waals surface area contributed by atoms with E-state index >= 15 is 0 Å². The van der Waals surface area contributed by atoms with Crippen LogP contribution in [0.5, 0.6) is 0 Å². The minimum atomic E-state index is -0.350. The Balaban J connectivity index is 2.70. The molecule has 0 atom stereocenters. The number of nitrogens with two attached hydrogens (primary N) is 1. The maximum Gasteiger partial charge on any atom is 0.278 e. The van der Waals surface area contributed by atoms with Gasteiger partial charge in [-0.25, -0.2) is 0 Å². The van der Waals surface area contributed by atoms with E-state index in [1.54, 1.807) is 24.3 Å². The minimum Gasteiger partial charge on any atom is -0.398 e. The first kappa shape index (κ1) is 9.60. The van der Waals surface area contributed by atoms with E-state index in [9.17, 15) is 4.79 Å². The van der Waals surface area contributed by atoms with Gasteiger partial charge in [0.25, 0.3) is 5.56 Å². The van der Waals surface area contributed by atoms with Crippen LogP contribution >= 0.6 is 12.2 Å². The average molecular weight is 220 g/mol. The number of aromatic amines is 2. The summed E-state index contributed by atoms with van der Waals surface area (Å²) in [5.41, 5.74) is 6.70. The molecule has 0 radical (unpaired) electrons. The van der Waals surface area contributed by atoms with Crippen LogP contribution in [-0.4, -0.2) is 15.2 Å². The first-order valence-electron chi connectivity index (χ1n) is 4.22. The van der Waals surface area contributed by atoms with Crippen molar-refractivity contribution in [2.45, 2.75) is 0 Å². The number of hydrogen-bond acceptors (Lipinski definition) is 4. The Bertz CT molecular complexity index is 601. The Kier molecular flexibility index (Phi) is 2.34. The Hall–Kier alpha value is -1.95. The normalized spacial score (nSPS) is 10.1. The van der Waals surface area contributed by atoms with Crippen LogP contribution in [0.2, 0.25) is 0 Å². The molecule has 0 saturated carbocycles. The molecule has 1 aromatic carbocycles. The van der Waals surface area contributed by atoms with Gasteiger partial charge in [0.15, 0.2) is 10.5 Å². The van der Waals surface area contributed by atoms with Crippen LogP contribution in [0.4, 0.5) is 5.69 Å². The third-order valence-corrected chi connectivity index (χ3v) is 2.12. The van der Waals surface area contributed by atoms with Crippen LogP contribution in [0.25, 0.3) is 11.3 Å². The topological polar surface area (TPSA) is 87.6 Å². The molecule has 5 nitrogen and oxygen atoms in total. The van der Waals surface area contributed by atoms with E-state index in [2.05, 4.69) is 15.2 Å². The SMILES string of the molecule is Nc1ccccc1-c1n[nH]c(=S)[nH]c1=O. The van der Waals surface area contributed by atoms with Gasteiger partial charge in [-0.3, -0.25) is 14.9 Å².